The summed E-state index contributed by atoms with van der Waals surface area (Å²) in [5.41, 5.74) is 5.04. The highest BCUT2D eigenvalue weighted by atomic mass is 15.2. The van der Waals surface area contributed by atoms with Crippen LogP contribution in [0.25, 0.3) is 22.2 Å². The number of H-pyrrole nitrogens is 1. The highest BCUT2D eigenvalue weighted by Crippen LogP contribution is 2.33. The quantitative estimate of drug-likeness (QED) is 0.566. The van der Waals surface area contributed by atoms with E-state index in [1.54, 1.807) is 0 Å². The summed E-state index contributed by atoms with van der Waals surface area (Å²) in [6.07, 6.45) is 8.46. The zero-order chi connectivity index (χ0) is 18.1. The van der Waals surface area contributed by atoms with Crippen LogP contribution in [-0.2, 0) is 6.54 Å². The summed E-state index contributed by atoms with van der Waals surface area (Å²) in [5.74, 6) is 0. The Balaban J connectivity index is 1.33. The van der Waals surface area contributed by atoms with Crippen molar-refractivity contribution in [1.29, 1.82) is 0 Å². The Bertz CT molecular complexity index is 1020. The number of likely N-dealkylation sites (tertiary alicyclic amines) is 1. The van der Waals surface area contributed by atoms with Crippen molar-refractivity contribution in [2.24, 2.45) is 0 Å². The lowest BCUT2D eigenvalue weighted by atomic mass is 10.0. The lowest BCUT2D eigenvalue weighted by Crippen LogP contribution is -2.34. The van der Waals surface area contributed by atoms with Crippen LogP contribution >= 0.6 is 0 Å². The van der Waals surface area contributed by atoms with Gasteiger partial charge in [0.2, 0.25) is 0 Å². The van der Waals surface area contributed by atoms with E-state index in [1.807, 2.05) is 12.5 Å². The van der Waals surface area contributed by atoms with Crippen molar-refractivity contribution in [3.8, 4) is 11.3 Å². The summed E-state index contributed by atoms with van der Waals surface area (Å²) in [6.45, 7) is 3.31. The number of imidazole rings is 1. The molecule has 0 amide bonds. The lowest BCUT2D eigenvalue weighted by Gasteiger charge is -2.33. The van der Waals surface area contributed by atoms with Crippen LogP contribution in [0.15, 0.2) is 73.3 Å². The fraction of sp³-hybridized carbons (Fsp3) is 0.261. The van der Waals surface area contributed by atoms with Crippen molar-refractivity contribution >= 4 is 10.9 Å². The number of rotatable bonds is 4. The molecule has 136 valence electrons. The molecule has 1 saturated heterocycles. The van der Waals surface area contributed by atoms with Crippen LogP contribution in [0.3, 0.4) is 0 Å². The van der Waals surface area contributed by atoms with Gasteiger partial charge >= 0.3 is 0 Å². The van der Waals surface area contributed by atoms with Gasteiger partial charge in [-0.2, -0.15) is 0 Å². The molecule has 3 heterocycles. The number of piperidine rings is 1. The molecule has 27 heavy (non-hydrogen) atoms. The molecule has 0 spiro atoms. The van der Waals surface area contributed by atoms with Crippen LogP contribution < -0.4 is 0 Å². The van der Waals surface area contributed by atoms with Gasteiger partial charge in [-0.15, -0.1) is 0 Å². The topological polar surface area (TPSA) is 36.9 Å². The third-order valence-electron chi connectivity index (χ3n) is 5.73. The first-order chi connectivity index (χ1) is 13.4. The summed E-state index contributed by atoms with van der Waals surface area (Å²) in [7, 11) is 0. The number of hydrogen-bond acceptors (Lipinski definition) is 2. The van der Waals surface area contributed by atoms with E-state index in [9.17, 15) is 0 Å². The van der Waals surface area contributed by atoms with E-state index in [0.717, 1.165) is 19.6 Å². The Labute approximate surface area is 159 Å². The summed E-state index contributed by atoms with van der Waals surface area (Å²) in [5, 5.41) is 1.26. The molecule has 0 radical (unpaired) electrons. The number of fused-ring (bicyclic) bond motifs is 1. The van der Waals surface area contributed by atoms with E-state index in [2.05, 4.69) is 80.2 Å². The largest absolute Gasteiger partial charge is 0.360 e. The van der Waals surface area contributed by atoms with Crippen molar-refractivity contribution in [2.45, 2.75) is 25.4 Å². The van der Waals surface area contributed by atoms with Crippen LogP contribution in [0.1, 0.15) is 24.4 Å². The Morgan fingerprint density at radius 3 is 2.59 bits per heavy atom. The van der Waals surface area contributed by atoms with Crippen molar-refractivity contribution in [3.05, 3.63) is 78.9 Å². The van der Waals surface area contributed by atoms with Crippen LogP contribution in [0, 0.1) is 0 Å². The SMILES string of the molecule is c1ccc(CN2CCC(n3cncc3-c3c[nH]c4ccccc34)CC2)cc1. The van der Waals surface area contributed by atoms with Gasteiger partial charge in [-0.1, -0.05) is 48.5 Å². The number of aromatic amines is 1. The molecule has 1 aliphatic rings. The van der Waals surface area contributed by atoms with E-state index in [1.165, 1.54) is 40.6 Å². The van der Waals surface area contributed by atoms with Crippen molar-refractivity contribution in [3.63, 3.8) is 0 Å². The number of nitrogens with zero attached hydrogens (tertiary/aromatic N) is 3. The highest BCUT2D eigenvalue weighted by molar-refractivity contribution is 5.94. The van der Waals surface area contributed by atoms with Gasteiger partial charge in [-0.25, -0.2) is 4.98 Å². The van der Waals surface area contributed by atoms with Gasteiger partial charge in [0.25, 0.3) is 0 Å². The van der Waals surface area contributed by atoms with Gasteiger partial charge in [-0.05, 0) is 24.5 Å². The molecule has 0 saturated carbocycles. The molecule has 1 fully saturated rings. The van der Waals surface area contributed by atoms with Gasteiger partial charge in [0.15, 0.2) is 0 Å². The Morgan fingerprint density at radius 1 is 0.963 bits per heavy atom. The Kier molecular flexibility index (Phi) is 4.26. The fourth-order valence-electron chi connectivity index (χ4n) is 4.28. The molecular formula is C23H24N4. The van der Waals surface area contributed by atoms with Gasteiger partial charge < -0.3 is 9.55 Å². The van der Waals surface area contributed by atoms with Crippen molar-refractivity contribution in [1.82, 2.24) is 19.4 Å². The predicted octanol–water partition coefficient (Wildman–Crippen LogP) is 4.87. The van der Waals surface area contributed by atoms with Gasteiger partial charge in [-0.3, -0.25) is 4.90 Å². The molecule has 0 unspecified atom stereocenters. The smallest absolute Gasteiger partial charge is 0.0953 e. The van der Waals surface area contributed by atoms with Crippen molar-refractivity contribution in [2.75, 3.05) is 13.1 Å². The summed E-state index contributed by atoms with van der Waals surface area (Å²) >= 11 is 0. The van der Waals surface area contributed by atoms with E-state index in [0.29, 0.717) is 6.04 Å². The van der Waals surface area contributed by atoms with E-state index in [4.69, 9.17) is 0 Å². The molecule has 4 nitrogen and oxygen atoms in total. The molecule has 0 bridgehead atoms. The average Bonchev–Trinajstić information content (AvgIpc) is 3.36. The van der Waals surface area contributed by atoms with Crippen molar-refractivity contribution < 1.29 is 0 Å². The molecule has 1 aliphatic heterocycles. The van der Waals surface area contributed by atoms with Crippen LogP contribution in [0.5, 0.6) is 0 Å². The van der Waals surface area contributed by atoms with E-state index >= 15 is 0 Å². The zero-order valence-electron chi connectivity index (χ0n) is 15.4. The van der Waals surface area contributed by atoms with Crippen LogP contribution in [0.2, 0.25) is 0 Å². The zero-order valence-corrected chi connectivity index (χ0v) is 15.4. The number of hydrogen-bond donors (Lipinski definition) is 1. The lowest BCUT2D eigenvalue weighted by molar-refractivity contribution is 0.180. The number of aromatic nitrogens is 3. The summed E-state index contributed by atoms with van der Waals surface area (Å²) in [6, 6.07) is 19.8. The summed E-state index contributed by atoms with van der Waals surface area (Å²) in [4.78, 5) is 10.4. The first-order valence-electron chi connectivity index (χ1n) is 9.73. The van der Waals surface area contributed by atoms with E-state index in [-0.39, 0.29) is 0 Å². The van der Waals surface area contributed by atoms with Crippen LogP contribution in [0.4, 0.5) is 0 Å². The molecule has 2 aromatic heterocycles. The molecule has 1 N–H and O–H groups in total. The monoisotopic (exact) mass is 356 g/mol. The minimum Gasteiger partial charge on any atom is -0.360 e. The maximum Gasteiger partial charge on any atom is 0.0953 e. The first-order valence-corrected chi connectivity index (χ1v) is 9.73. The minimum atomic E-state index is 0.517. The predicted molar refractivity (Wildman–Crippen MR) is 110 cm³/mol. The fourth-order valence-corrected chi connectivity index (χ4v) is 4.28. The third-order valence-corrected chi connectivity index (χ3v) is 5.73. The Hall–Kier alpha value is -2.85. The second kappa shape index (κ2) is 7.05. The maximum absolute atomic E-state index is 4.48. The average molecular weight is 356 g/mol. The van der Waals surface area contributed by atoms with E-state index < -0.39 is 0 Å². The third kappa shape index (κ3) is 3.17. The first kappa shape index (κ1) is 16.3. The number of benzene rings is 2. The molecular weight excluding hydrogens is 332 g/mol. The normalized spacial score (nSPS) is 16.1. The Morgan fingerprint density at radius 2 is 1.74 bits per heavy atom. The molecule has 0 aliphatic carbocycles. The minimum absolute atomic E-state index is 0.517. The van der Waals surface area contributed by atoms with Gasteiger partial charge in [0.05, 0.1) is 18.2 Å². The maximum atomic E-state index is 4.48. The van der Waals surface area contributed by atoms with Gasteiger partial charge in [0.1, 0.15) is 0 Å². The molecule has 0 atom stereocenters. The molecule has 4 aromatic rings. The second-order valence-corrected chi connectivity index (χ2v) is 7.43. The molecule has 4 heteroatoms. The second-order valence-electron chi connectivity index (χ2n) is 7.43. The van der Waals surface area contributed by atoms with Crippen LogP contribution in [-0.4, -0.2) is 32.5 Å². The summed E-state index contributed by atoms with van der Waals surface area (Å²) < 4.78 is 2.38. The van der Waals surface area contributed by atoms with Gasteiger partial charge in [0, 0.05) is 48.3 Å². The highest BCUT2D eigenvalue weighted by Gasteiger charge is 2.23. The number of para-hydroxylation sites is 1. The molecule has 5 rings (SSSR count). The standard InChI is InChI=1S/C23H24N4/c1-2-6-18(7-3-1)16-26-12-10-19(11-13-26)27-17-24-15-23(27)21-14-25-22-9-5-4-8-20(21)22/h1-9,14-15,17,19,25H,10-13,16H2. The molecule has 2 aromatic carbocycles. The number of nitrogens with one attached hydrogen (secondary N) is 1.